The fourth-order valence-corrected chi connectivity index (χ4v) is 4.46. The first-order chi connectivity index (χ1) is 16.2. The fourth-order valence-electron chi connectivity index (χ4n) is 3.66. The summed E-state index contributed by atoms with van der Waals surface area (Å²) in [4.78, 5) is 23.7. The van der Waals surface area contributed by atoms with E-state index in [1.54, 1.807) is 0 Å². The number of carbonyl (C=O) groups is 2. The second kappa shape index (κ2) is 11.8. The van der Waals surface area contributed by atoms with E-state index < -0.39 is 0 Å². The van der Waals surface area contributed by atoms with Crippen LogP contribution in [0, 0.1) is 19.8 Å². The van der Waals surface area contributed by atoms with Gasteiger partial charge in [-0.15, -0.1) is 10.2 Å². The van der Waals surface area contributed by atoms with E-state index in [0.29, 0.717) is 43.0 Å². The number of nitrogens with zero attached hydrogens (tertiary/aromatic N) is 5. The van der Waals surface area contributed by atoms with Crippen LogP contribution in [0.15, 0.2) is 35.5 Å². The summed E-state index contributed by atoms with van der Waals surface area (Å²) in [5.74, 6) is 0.854. The van der Waals surface area contributed by atoms with E-state index in [2.05, 4.69) is 46.6 Å². The highest BCUT2D eigenvalue weighted by Crippen LogP contribution is 2.20. The molecule has 0 saturated heterocycles. The van der Waals surface area contributed by atoms with Gasteiger partial charge in [0.15, 0.2) is 5.16 Å². The summed E-state index contributed by atoms with van der Waals surface area (Å²) in [6.07, 6.45) is 0.658. The first-order valence-corrected chi connectivity index (χ1v) is 12.4. The lowest BCUT2D eigenvalue weighted by molar-refractivity contribution is -0.119. The van der Waals surface area contributed by atoms with Gasteiger partial charge in [0, 0.05) is 37.2 Å². The minimum Gasteiger partial charge on any atom is -0.370 e. The summed E-state index contributed by atoms with van der Waals surface area (Å²) in [7, 11) is 0. The van der Waals surface area contributed by atoms with Crippen LogP contribution in [0.5, 0.6) is 0 Å². The number of rotatable bonds is 12. The Labute approximate surface area is 204 Å². The Hall–Kier alpha value is -3.14. The number of thioether (sulfide) groups is 1. The van der Waals surface area contributed by atoms with Crippen LogP contribution in [0.2, 0.25) is 0 Å². The SMILES string of the molecule is Cc1nn(Cc2ccccc2)c(C)c1CNC(=O)CSc1nnc(CCC(N)=O)n1CC(C)C. The van der Waals surface area contributed by atoms with Crippen molar-refractivity contribution in [2.45, 2.75) is 65.3 Å². The molecular weight excluding hydrogens is 450 g/mol. The molecule has 9 nitrogen and oxygen atoms in total. The van der Waals surface area contributed by atoms with Gasteiger partial charge in [-0.2, -0.15) is 5.10 Å². The Morgan fingerprint density at radius 3 is 2.56 bits per heavy atom. The molecule has 0 atom stereocenters. The highest BCUT2D eigenvalue weighted by molar-refractivity contribution is 7.99. The molecule has 3 aromatic rings. The number of primary amides is 1. The topological polar surface area (TPSA) is 121 Å². The van der Waals surface area contributed by atoms with Gasteiger partial charge in [-0.05, 0) is 25.3 Å². The van der Waals surface area contributed by atoms with Crippen molar-refractivity contribution in [2.24, 2.45) is 11.7 Å². The third-order valence-corrected chi connectivity index (χ3v) is 6.40. The highest BCUT2D eigenvalue weighted by atomic mass is 32.2. The van der Waals surface area contributed by atoms with Gasteiger partial charge < -0.3 is 15.6 Å². The van der Waals surface area contributed by atoms with Gasteiger partial charge >= 0.3 is 0 Å². The number of carbonyl (C=O) groups excluding carboxylic acids is 2. The lowest BCUT2D eigenvalue weighted by Gasteiger charge is -2.12. The maximum Gasteiger partial charge on any atom is 0.230 e. The van der Waals surface area contributed by atoms with E-state index in [0.717, 1.165) is 17.0 Å². The van der Waals surface area contributed by atoms with Gasteiger partial charge in [0.05, 0.1) is 18.0 Å². The van der Waals surface area contributed by atoms with Crippen molar-refractivity contribution >= 4 is 23.6 Å². The second-order valence-corrected chi connectivity index (χ2v) is 9.67. The molecule has 0 aliphatic carbocycles. The zero-order valence-electron chi connectivity index (χ0n) is 20.2. The first kappa shape index (κ1) is 25.5. The molecule has 10 heteroatoms. The molecule has 0 fully saturated rings. The van der Waals surface area contributed by atoms with Gasteiger partial charge in [0.2, 0.25) is 11.8 Å². The lowest BCUT2D eigenvalue weighted by atomic mass is 10.2. The molecule has 0 saturated carbocycles. The molecule has 2 heterocycles. The molecule has 3 N–H and O–H groups in total. The predicted octanol–water partition coefficient (Wildman–Crippen LogP) is 2.62. The Kier molecular flexibility index (Phi) is 8.86. The highest BCUT2D eigenvalue weighted by Gasteiger charge is 2.17. The van der Waals surface area contributed by atoms with E-state index in [1.807, 2.05) is 41.3 Å². The van der Waals surface area contributed by atoms with Gasteiger partial charge in [-0.25, -0.2) is 0 Å². The first-order valence-electron chi connectivity index (χ1n) is 11.4. The molecular formula is C24H33N7O2S. The van der Waals surface area contributed by atoms with Crippen molar-refractivity contribution in [1.29, 1.82) is 0 Å². The molecule has 1 aromatic carbocycles. The Bertz CT molecular complexity index is 1120. The summed E-state index contributed by atoms with van der Waals surface area (Å²) in [6.45, 7) is 10.0. The monoisotopic (exact) mass is 483 g/mol. The Morgan fingerprint density at radius 2 is 1.88 bits per heavy atom. The summed E-state index contributed by atoms with van der Waals surface area (Å²) in [6, 6.07) is 10.2. The second-order valence-electron chi connectivity index (χ2n) is 8.73. The minimum atomic E-state index is -0.370. The minimum absolute atomic E-state index is 0.0857. The summed E-state index contributed by atoms with van der Waals surface area (Å²) in [5, 5.41) is 16.8. The molecule has 0 aliphatic heterocycles. The Balaban J connectivity index is 1.58. The largest absolute Gasteiger partial charge is 0.370 e. The van der Waals surface area contributed by atoms with Crippen molar-refractivity contribution < 1.29 is 9.59 Å². The van der Waals surface area contributed by atoms with E-state index in [4.69, 9.17) is 5.73 Å². The van der Waals surface area contributed by atoms with Crippen molar-refractivity contribution in [3.63, 3.8) is 0 Å². The van der Waals surface area contributed by atoms with Crippen molar-refractivity contribution in [3.05, 3.63) is 58.7 Å². The molecule has 2 aromatic heterocycles. The molecule has 34 heavy (non-hydrogen) atoms. The maximum atomic E-state index is 12.6. The molecule has 2 amide bonds. The van der Waals surface area contributed by atoms with Crippen LogP contribution in [0.25, 0.3) is 0 Å². The quantitative estimate of drug-likeness (QED) is 0.382. The number of aromatic nitrogens is 5. The van der Waals surface area contributed by atoms with E-state index in [1.165, 1.54) is 17.3 Å². The van der Waals surface area contributed by atoms with E-state index >= 15 is 0 Å². The average Bonchev–Trinajstić information content (AvgIpc) is 3.29. The molecule has 0 bridgehead atoms. The average molecular weight is 484 g/mol. The van der Waals surface area contributed by atoms with Crippen LogP contribution in [0.4, 0.5) is 0 Å². The molecule has 3 rings (SSSR count). The lowest BCUT2D eigenvalue weighted by Crippen LogP contribution is -2.25. The van der Waals surface area contributed by atoms with E-state index in [9.17, 15) is 9.59 Å². The fraction of sp³-hybridized carbons (Fsp3) is 0.458. The maximum absolute atomic E-state index is 12.6. The summed E-state index contributed by atoms with van der Waals surface area (Å²) >= 11 is 1.34. The molecule has 0 aliphatic rings. The van der Waals surface area contributed by atoms with E-state index in [-0.39, 0.29) is 24.0 Å². The van der Waals surface area contributed by atoms with Crippen LogP contribution in [0.1, 0.15) is 48.6 Å². The normalized spacial score (nSPS) is 11.2. The van der Waals surface area contributed by atoms with Gasteiger partial charge in [-0.3, -0.25) is 14.3 Å². The zero-order valence-corrected chi connectivity index (χ0v) is 21.1. The number of benzene rings is 1. The number of nitrogens with two attached hydrogens (primary N) is 1. The third kappa shape index (κ3) is 6.93. The van der Waals surface area contributed by atoms with Gasteiger partial charge in [0.25, 0.3) is 0 Å². The smallest absolute Gasteiger partial charge is 0.230 e. The molecule has 0 spiro atoms. The Morgan fingerprint density at radius 1 is 1.15 bits per heavy atom. The zero-order chi connectivity index (χ0) is 24.7. The predicted molar refractivity (Wildman–Crippen MR) is 132 cm³/mol. The van der Waals surface area contributed by atoms with Gasteiger partial charge in [0.1, 0.15) is 5.82 Å². The van der Waals surface area contributed by atoms with Crippen molar-refractivity contribution in [2.75, 3.05) is 5.75 Å². The van der Waals surface area contributed by atoms with Crippen molar-refractivity contribution in [1.82, 2.24) is 29.9 Å². The summed E-state index contributed by atoms with van der Waals surface area (Å²) < 4.78 is 3.95. The summed E-state index contributed by atoms with van der Waals surface area (Å²) in [5.41, 5.74) is 9.45. The molecule has 182 valence electrons. The van der Waals surface area contributed by atoms with Crippen LogP contribution >= 0.6 is 11.8 Å². The number of hydrogen-bond donors (Lipinski definition) is 2. The molecule has 0 unspecified atom stereocenters. The van der Waals surface area contributed by atoms with Crippen LogP contribution in [0.3, 0.4) is 0 Å². The third-order valence-electron chi connectivity index (χ3n) is 5.44. The number of nitrogens with one attached hydrogen (secondary N) is 1. The molecule has 0 radical (unpaired) electrons. The van der Waals surface area contributed by atoms with Crippen LogP contribution in [-0.2, 0) is 35.6 Å². The van der Waals surface area contributed by atoms with Crippen molar-refractivity contribution in [3.8, 4) is 0 Å². The van der Waals surface area contributed by atoms with Crippen LogP contribution in [-0.4, -0.2) is 42.1 Å². The standard InChI is InChI=1S/C24H33N7O2S/c1-16(2)13-30-22(11-10-21(25)32)27-28-24(30)34-15-23(33)26-12-20-17(3)29-31(18(20)4)14-19-8-6-5-7-9-19/h5-9,16H,10-15H2,1-4H3,(H2,25,32)(H,26,33). The number of aryl methyl sites for hydroxylation is 2. The van der Waals surface area contributed by atoms with Crippen LogP contribution < -0.4 is 11.1 Å². The number of amides is 2. The number of hydrogen-bond acceptors (Lipinski definition) is 6. The van der Waals surface area contributed by atoms with Gasteiger partial charge in [-0.1, -0.05) is 55.9 Å².